The quantitative estimate of drug-likeness (QED) is 0.787. The van der Waals surface area contributed by atoms with Crippen LogP contribution in [0.1, 0.15) is 16.8 Å². The highest BCUT2D eigenvalue weighted by molar-refractivity contribution is 6.43. The molecule has 2 nitrogen and oxygen atoms in total. The van der Waals surface area contributed by atoms with E-state index in [1.54, 1.807) is 18.2 Å². The van der Waals surface area contributed by atoms with Gasteiger partial charge in [-0.3, -0.25) is 4.79 Å². The van der Waals surface area contributed by atoms with Crippen LogP contribution >= 0.6 is 35.6 Å². The third-order valence-electron chi connectivity index (χ3n) is 2.04. The van der Waals surface area contributed by atoms with Crippen molar-refractivity contribution in [2.24, 2.45) is 0 Å². The van der Waals surface area contributed by atoms with Gasteiger partial charge in [-0.05, 0) is 26.2 Å². The van der Waals surface area contributed by atoms with Crippen molar-refractivity contribution in [1.82, 2.24) is 4.90 Å². The number of hydrogen-bond donors (Lipinski definition) is 0. The van der Waals surface area contributed by atoms with E-state index in [4.69, 9.17) is 23.2 Å². The van der Waals surface area contributed by atoms with E-state index < -0.39 is 0 Å². The van der Waals surface area contributed by atoms with Crippen LogP contribution in [0, 0.1) is 0 Å². The highest BCUT2D eigenvalue weighted by atomic mass is 35.5. The first kappa shape index (κ1) is 15.7. The predicted octanol–water partition coefficient (Wildman–Crippen LogP) is 3.55. The normalized spacial score (nSPS) is 10.1. The van der Waals surface area contributed by atoms with E-state index in [0.29, 0.717) is 28.6 Å². The van der Waals surface area contributed by atoms with Crippen molar-refractivity contribution in [1.29, 1.82) is 0 Å². The molecule has 1 aromatic carbocycles. The molecule has 0 unspecified atom stereocenters. The van der Waals surface area contributed by atoms with Gasteiger partial charge in [0.25, 0.3) is 0 Å². The second-order valence-corrected chi connectivity index (χ2v) is 4.36. The summed E-state index contributed by atoms with van der Waals surface area (Å²) in [6, 6.07) is 5.11. The molecule has 0 heterocycles. The molecule has 0 fully saturated rings. The van der Waals surface area contributed by atoms with Crippen molar-refractivity contribution in [2.75, 3.05) is 20.6 Å². The van der Waals surface area contributed by atoms with Gasteiger partial charge in [0.15, 0.2) is 5.78 Å². The molecule has 90 valence electrons. The molecule has 1 rings (SSSR count). The highest BCUT2D eigenvalue weighted by Gasteiger charge is 2.12. The summed E-state index contributed by atoms with van der Waals surface area (Å²) >= 11 is 11.8. The number of Topliss-reactive ketones (excluding diaryl/α,β-unsaturated/α-hetero) is 1. The first-order valence-electron chi connectivity index (χ1n) is 4.64. The predicted molar refractivity (Wildman–Crippen MR) is 71.2 cm³/mol. The lowest BCUT2D eigenvalue weighted by molar-refractivity contribution is 0.0972. The fraction of sp³-hybridized carbons (Fsp3) is 0.364. The SMILES string of the molecule is CN(C)CCC(=O)c1cccc(Cl)c1Cl.Cl. The van der Waals surface area contributed by atoms with Crippen LogP contribution in [-0.4, -0.2) is 31.3 Å². The number of carbonyl (C=O) groups is 1. The van der Waals surface area contributed by atoms with E-state index in [1.807, 2.05) is 19.0 Å². The molecule has 1 aromatic rings. The number of rotatable bonds is 4. The number of ketones is 1. The average molecular weight is 283 g/mol. The Morgan fingerprint density at radius 2 is 1.94 bits per heavy atom. The Hall–Kier alpha value is -0.280. The summed E-state index contributed by atoms with van der Waals surface area (Å²) in [5, 5.41) is 0.773. The molecule has 0 aliphatic rings. The van der Waals surface area contributed by atoms with E-state index in [2.05, 4.69) is 0 Å². The van der Waals surface area contributed by atoms with Crippen LogP contribution in [-0.2, 0) is 0 Å². The first-order chi connectivity index (χ1) is 7.02. The van der Waals surface area contributed by atoms with Gasteiger partial charge in [-0.2, -0.15) is 0 Å². The summed E-state index contributed by atoms with van der Waals surface area (Å²) < 4.78 is 0. The zero-order chi connectivity index (χ0) is 11.4. The molecule has 0 aliphatic carbocycles. The molecule has 0 aliphatic heterocycles. The fourth-order valence-electron chi connectivity index (χ4n) is 1.18. The molecule has 0 aromatic heterocycles. The van der Waals surface area contributed by atoms with Gasteiger partial charge in [0, 0.05) is 18.5 Å². The monoisotopic (exact) mass is 281 g/mol. The van der Waals surface area contributed by atoms with Crippen LogP contribution in [0.25, 0.3) is 0 Å². The molecular weight excluding hydrogens is 268 g/mol. The van der Waals surface area contributed by atoms with Crippen molar-refractivity contribution in [3.63, 3.8) is 0 Å². The third-order valence-corrected chi connectivity index (χ3v) is 2.86. The summed E-state index contributed by atoms with van der Waals surface area (Å²) in [6.45, 7) is 0.710. The fourth-order valence-corrected chi connectivity index (χ4v) is 1.58. The molecule has 0 N–H and O–H groups in total. The number of hydrogen-bond acceptors (Lipinski definition) is 2. The maximum absolute atomic E-state index is 11.8. The summed E-state index contributed by atoms with van der Waals surface area (Å²) in [7, 11) is 3.85. The van der Waals surface area contributed by atoms with Crippen molar-refractivity contribution in [2.45, 2.75) is 6.42 Å². The topological polar surface area (TPSA) is 20.3 Å². The largest absolute Gasteiger partial charge is 0.309 e. The Kier molecular flexibility index (Phi) is 7.00. The van der Waals surface area contributed by atoms with Crippen LogP contribution in [0.2, 0.25) is 10.0 Å². The van der Waals surface area contributed by atoms with Crippen LogP contribution in [0.5, 0.6) is 0 Å². The summed E-state index contributed by atoms with van der Waals surface area (Å²) in [6.07, 6.45) is 0.451. The molecule has 0 atom stereocenters. The maximum Gasteiger partial charge on any atom is 0.165 e. The zero-order valence-corrected chi connectivity index (χ0v) is 11.5. The Bertz CT molecular complexity index is 366. The Balaban J connectivity index is 0.00000225. The minimum absolute atomic E-state index is 0. The van der Waals surface area contributed by atoms with E-state index in [9.17, 15) is 4.79 Å². The van der Waals surface area contributed by atoms with Gasteiger partial charge in [0.2, 0.25) is 0 Å². The van der Waals surface area contributed by atoms with Gasteiger partial charge >= 0.3 is 0 Å². The molecule has 5 heteroatoms. The first-order valence-corrected chi connectivity index (χ1v) is 5.40. The van der Waals surface area contributed by atoms with Crippen LogP contribution in [0.3, 0.4) is 0 Å². The third kappa shape index (κ3) is 4.30. The molecule has 0 amide bonds. The van der Waals surface area contributed by atoms with Crippen molar-refractivity contribution < 1.29 is 4.79 Å². The summed E-state index contributed by atoms with van der Waals surface area (Å²) in [4.78, 5) is 13.7. The second-order valence-electron chi connectivity index (χ2n) is 3.58. The Labute approximate surface area is 112 Å². The lowest BCUT2D eigenvalue weighted by Crippen LogP contribution is -2.16. The molecule has 0 saturated heterocycles. The number of nitrogens with zero attached hydrogens (tertiary/aromatic N) is 1. The van der Waals surface area contributed by atoms with E-state index >= 15 is 0 Å². The zero-order valence-electron chi connectivity index (χ0n) is 9.17. The average Bonchev–Trinajstić information content (AvgIpc) is 2.18. The molecule has 16 heavy (non-hydrogen) atoms. The molecule has 0 spiro atoms. The van der Waals surface area contributed by atoms with Crippen molar-refractivity contribution >= 4 is 41.4 Å². The Morgan fingerprint density at radius 1 is 1.31 bits per heavy atom. The van der Waals surface area contributed by atoms with Crippen LogP contribution in [0.15, 0.2) is 18.2 Å². The minimum atomic E-state index is 0. The van der Waals surface area contributed by atoms with Gasteiger partial charge in [-0.15, -0.1) is 12.4 Å². The smallest absolute Gasteiger partial charge is 0.165 e. The van der Waals surface area contributed by atoms with Gasteiger partial charge in [0.1, 0.15) is 0 Å². The molecule has 0 radical (unpaired) electrons. The molecule has 0 bridgehead atoms. The van der Waals surface area contributed by atoms with Crippen LogP contribution in [0.4, 0.5) is 0 Å². The highest BCUT2D eigenvalue weighted by Crippen LogP contribution is 2.26. The maximum atomic E-state index is 11.8. The van der Waals surface area contributed by atoms with Gasteiger partial charge in [-0.25, -0.2) is 0 Å². The molecule has 0 saturated carbocycles. The summed E-state index contributed by atoms with van der Waals surface area (Å²) in [5.41, 5.74) is 0.506. The number of halogens is 3. The number of carbonyl (C=O) groups excluding carboxylic acids is 1. The van der Waals surface area contributed by atoms with Gasteiger partial charge in [-0.1, -0.05) is 29.3 Å². The number of benzene rings is 1. The van der Waals surface area contributed by atoms with Crippen molar-refractivity contribution in [3.05, 3.63) is 33.8 Å². The lowest BCUT2D eigenvalue weighted by Gasteiger charge is -2.09. The standard InChI is InChI=1S/C11H13Cl2NO.ClH/c1-14(2)7-6-10(15)8-4-3-5-9(12)11(8)13;/h3-5H,6-7H2,1-2H3;1H. The lowest BCUT2D eigenvalue weighted by atomic mass is 10.1. The van der Waals surface area contributed by atoms with Crippen molar-refractivity contribution in [3.8, 4) is 0 Å². The van der Waals surface area contributed by atoms with E-state index in [-0.39, 0.29) is 18.2 Å². The van der Waals surface area contributed by atoms with E-state index in [0.717, 1.165) is 0 Å². The van der Waals surface area contributed by atoms with Gasteiger partial charge < -0.3 is 4.90 Å². The van der Waals surface area contributed by atoms with Gasteiger partial charge in [0.05, 0.1) is 10.0 Å². The van der Waals surface area contributed by atoms with E-state index in [1.165, 1.54) is 0 Å². The van der Waals surface area contributed by atoms with Crippen LogP contribution < -0.4 is 0 Å². The molecular formula is C11H14Cl3NO. The summed E-state index contributed by atoms with van der Waals surface area (Å²) in [5.74, 6) is 0.0243. The Morgan fingerprint density at radius 3 is 2.50 bits per heavy atom. The second kappa shape index (κ2) is 7.13. The minimum Gasteiger partial charge on any atom is -0.309 e.